The minimum absolute atomic E-state index is 0.0616. The van der Waals surface area contributed by atoms with Gasteiger partial charge in [-0.3, -0.25) is 4.79 Å². The second kappa shape index (κ2) is 6.69. The first-order valence-corrected chi connectivity index (χ1v) is 7.23. The summed E-state index contributed by atoms with van der Waals surface area (Å²) in [7, 11) is 0. The van der Waals surface area contributed by atoms with Gasteiger partial charge in [-0.1, -0.05) is 0 Å². The summed E-state index contributed by atoms with van der Waals surface area (Å²) in [6, 6.07) is 3.47. The van der Waals surface area contributed by atoms with Crippen molar-refractivity contribution in [2.45, 2.75) is 6.92 Å². The van der Waals surface area contributed by atoms with Crippen molar-refractivity contribution >= 4 is 27.9 Å². The van der Waals surface area contributed by atoms with Gasteiger partial charge in [0.05, 0.1) is 12.2 Å². The zero-order valence-electron chi connectivity index (χ0n) is 11.2. The first-order valence-electron chi connectivity index (χ1n) is 6.44. The number of hydrogen-bond donors (Lipinski definition) is 0. The van der Waals surface area contributed by atoms with Crippen LogP contribution in [-0.2, 0) is 4.74 Å². The highest BCUT2D eigenvalue weighted by Gasteiger charge is 2.25. The molecule has 2 rings (SSSR count). The predicted octanol–water partition coefficient (Wildman–Crippen LogP) is 1.76. The third-order valence-electron chi connectivity index (χ3n) is 3.07. The number of ether oxygens (including phenoxy) is 1. The van der Waals surface area contributed by atoms with Crippen molar-refractivity contribution in [2.75, 3.05) is 32.8 Å². The summed E-state index contributed by atoms with van der Waals surface area (Å²) in [6.07, 6.45) is 1.23. The van der Waals surface area contributed by atoms with E-state index in [0.29, 0.717) is 43.0 Å². The standard InChI is InChI=1S/C13H16BrN3O3/c1-2-20-13(19)17-7-5-16(6-8-17)12(18)10-3-4-11(14)15-9-10/h3-4,9H,2,5-8H2,1H3. The van der Waals surface area contributed by atoms with Crippen molar-refractivity contribution in [3.05, 3.63) is 28.5 Å². The first-order chi connectivity index (χ1) is 9.61. The molecule has 20 heavy (non-hydrogen) atoms. The van der Waals surface area contributed by atoms with Gasteiger partial charge in [-0.2, -0.15) is 0 Å². The van der Waals surface area contributed by atoms with E-state index < -0.39 is 0 Å². The van der Waals surface area contributed by atoms with E-state index in [4.69, 9.17) is 4.74 Å². The molecule has 0 N–H and O–H groups in total. The minimum Gasteiger partial charge on any atom is -0.450 e. The molecule has 2 amide bonds. The molecule has 1 aliphatic rings. The maximum Gasteiger partial charge on any atom is 0.409 e. The van der Waals surface area contributed by atoms with Crippen molar-refractivity contribution in [1.82, 2.24) is 14.8 Å². The number of amides is 2. The average Bonchev–Trinajstić information content (AvgIpc) is 2.48. The molecule has 1 saturated heterocycles. The van der Waals surface area contributed by atoms with Crippen molar-refractivity contribution in [2.24, 2.45) is 0 Å². The lowest BCUT2D eigenvalue weighted by atomic mass is 10.2. The van der Waals surface area contributed by atoms with E-state index in [0.717, 1.165) is 0 Å². The summed E-state index contributed by atoms with van der Waals surface area (Å²) in [5, 5.41) is 0. The third kappa shape index (κ3) is 3.47. The van der Waals surface area contributed by atoms with Gasteiger partial charge in [0.25, 0.3) is 5.91 Å². The SMILES string of the molecule is CCOC(=O)N1CCN(C(=O)c2ccc(Br)nc2)CC1. The summed E-state index contributed by atoms with van der Waals surface area (Å²) in [6.45, 7) is 4.14. The Bertz CT molecular complexity index is 484. The first kappa shape index (κ1) is 14.8. The molecule has 0 aliphatic carbocycles. The number of nitrogens with zero attached hydrogens (tertiary/aromatic N) is 3. The summed E-state index contributed by atoms with van der Waals surface area (Å²) >= 11 is 3.24. The molecule has 0 saturated carbocycles. The van der Waals surface area contributed by atoms with Crippen LogP contribution in [0.2, 0.25) is 0 Å². The number of pyridine rings is 1. The highest BCUT2D eigenvalue weighted by Crippen LogP contribution is 2.11. The normalized spacial score (nSPS) is 15.1. The molecule has 0 radical (unpaired) electrons. The second-order valence-corrected chi connectivity index (χ2v) is 5.16. The van der Waals surface area contributed by atoms with Gasteiger partial charge in [0.15, 0.2) is 0 Å². The van der Waals surface area contributed by atoms with Crippen LogP contribution >= 0.6 is 15.9 Å². The van der Waals surface area contributed by atoms with Crippen LogP contribution in [0.25, 0.3) is 0 Å². The molecule has 0 atom stereocenters. The van der Waals surface area contributed by atoms with Gasteiger partial charge in [-0.05, 0) is 35.0 Å². The maximum absolute atomic E-state index is 12.2. The molecule has 1 aromatic rings. The molecule has 2 heterocycles. The van der Waals surface area contributed by atoms with E-state index in [1.165, 1.54) is 0 Å². The molecule has 7 heteroatoms. The van der Waals surface area contributed by atoms with Gasteiger partial charge < -0.3 is 14.5 Å². The fourth-order valence-electron chi connectivity index (χ4n) is 1.99. The largest absolute Gasteiger partial charge is 0.450 e. The minimum atomic E-state index is -0.315. The molecule has 108 valence electrons. The highest BCUT2D eigenvalue weighted by atomic mass is 79.9. The van der Waals surface area contributed by atoms with Gasteiger partial charge in [-0.15, -0.1) is 0 Å². The van der Waals surface area contributed by atoms with Crippen LogP contribution in [-0.4, -0.2) is 59.6 Å². The Kier molecular flexibility index (Phi) is 4.94. The molecule has 0 aromatic carbocycles. The molecular formula is C13H16BrN3O3. The Morgan fingerprint density at radius 2 is 1.90 bits per heavy atom. The molecule has 0 spiro atoms. The van der Waals surface area contributed by atoms with Gasteiger partial charge in [0.2, 0.25) is 0 Å². The number of hydrogen-bond acceptors (Lipinski definition) is 4. The molecule has 6 nitrogen and oxygen atoms in total. The Morgan fingerprint density at radius 1 is 1.25 bits per heavy atom. The quantitative estimate of drug-likeness (QED) is 0.769. The van der Waals surface area contributed by atoms with Crippen molar-refractivity contribution < 1.29 is 14.3 Å². The van der Waals surface area contributed by atoms with E-state index >= 15 is 0 Å². The third-order valence-corrected chi connectivity index (χ3v) is 3.54. The zero-order valence-corrected chi connectivity index (χ0v) is 12.8. The number of rotatable bonds is 2. The second-order valence-electron chi connectivity index (χ2n) is 4.35. The summed E-state index contributed by atoms with van der Waals surface area (Å²) in [5.41, 5.74) is 0.554. The Morgan fingerprint density at radius 3 is 2.45 bits per heavy atom. The number of aromatic nitrogens is 1. The predicted molar refractivity (Wildman–Crippen MR) is 76.4 cm³/mol. The lowest BCUT2D eigenvalue weighted by molar-refractivity contribution is 0.0570. The summed E-state index contributed by atoms with van der Waals surface area (Å²) in [4.78, 5) is 31.2. The summed E-state index contributed by atoms with van der Waals surface area (Å²) < 4.78 is 5.64. The van der Waals surface area contributed by atoms with Gasteiger partial charge in [-0.25, -0.2) is 9.78 Å². The highest BCUT2D eigenvalue weighted by molar-refractivity contribution is 9.10. The van der Waals surface area contributed by atoms with Crippen LogP contribution in [0.1, 0.15) is 17.3 Å². The number of carbonyl (C=O) groups excluding carboxylic acids is 2. The monoisotopic (exact) mass is 341 g/mol. The van der Waals surface area contributed by atoms with E-state index in [1.807, 2.05) is 0 Å². The van der Waals surface area contributed by atoms with Crippen LogP contribution in [0.4, 0.5) is 4.79 Å². The smallest absolute Gasteiger partial charge is 0.409 e. The Balaban J connectivity index is 1.92. The number of carbonyl (C=O) groups is 2. The lowest BCUT2D eigenvalue weighted by Crippen LogP contribution is -2.50. The molecule has 1 aliphatic heterocycles. The lowest BCUT2D eigenvalue weighted by Gasteiger charge is -2.34. The number of piperazine rings is 1. The van der Waals surface area contributed by atoms with Crippen LogP contribution in [0, 0.1) is 0 Å². The fraction of sp³-hybridized carbons (Fsp3) is 0.462. The molecule has 0 unspecified atom stereocenters. The van der Waals surface area contributed by atoms with Gasteiger partial charge in [0.1, 0.15) is 4.60 Å². The zero-order chi connectivity index (χ0) is 14.5. The van der Waals surface area contributed by atoms with Crippen LogP contribution < -0.4 is 0 Å². The topological polar surface area (TPSA) is 62.7 Å². The van der Waals surface area contributed by atoms with Crippen LogP contribution in [0.3, 0.4) is 0 Å². The molecule has 0 bridgehead atoms. The molecule has 1 fully saturated rings. The van der Waals surface area contributed by atoms with Crippen molar-refractivity contribution in [3.8, 4) is 0 Å². The van der Waals surface area contributed by atoms with Crippen LogP contribution in [0.5, 0.6) is 0 Å². The maximum atomic E-state index is 12.2. The Hall–Kier alpha value is -1.63. The molecule has 1 aromatic heterocycles. The molecular weight excluding hydrogens is 326 g/mol. The van der Waals surface area contributed by atoms with Gasteiger partial charge >= 0.3 is 6.09 Å². The van der Waals surface area contributed by atoms with E-state index in [2.05, 4.69) is 20.9 Å². The Labute approximate surface area is 125 Å². The average molecular weight is 342 g/mol. The van der Waals surface area contributed by atoms with Gasteiger partial charge in [0, 0.05) is 32.4 Å². The van der Waals surface area contributed by atoms with Crippen LogP contribution in [0.15, 0.2) is 22.9 Å². The van der Waals surface area contributed by atoms with E-state index in [-0.39, 0.29) is 12.0 Å². The van der Waals surface area contributed by atoms with Crippen molar-refractivity contribution in [1.29, 1.82) is 0 Å². The van der Waals surface area contributed by atoms with E-state index in [9.17, 15) is 9.59 Å². The number of halogens is 1. The van der Waals surface area contributed by atoms with E-state index in [1.54, 1.807) is 35.1 Å². The fourth-order valence-corrected chi connectivity index (χ4v) is 2.23. The summed E-state index contributed by atoms with van der Waals surface area (Å²) in [5.74, 6) is -0.0616. The van der Waals surface area contributed by atoms with Crippen molar-refractivity contribution in [3.63, 3.8) is 0 Å².